The molecule has 1 aromatic carbocycles. The lowest BCUT2D eigenvalue weighted by atomic mass is 10.2. The first-order valence-electron chi connectivity index (χ1n) is 5.23. The number of aromatic hydroxyl groups is 1. The quantitative estimate of drug-likeness (QED) is 0.884. The molecule has 1 heterocycles. The summed E-state index contributed by atoms with van der Waals surface area (Å²) in [5, 5.41) is 12.7. The van der Waals surface area contributed by atoms with Gasteiger partial charge in [-0.25, -0.2) is 9.97 Å². The Bertz CT molecular complexity index is 604. The zero-order chi connectivity index (χ0) is 13.3. The Morgan fingerprint density at radius 2 is 2.06 bits per heavy atom. The van der Waals surface area contributed by atoms with Gasteiger partial charge in [0, 0.05) is 12.6 Å². The molecule has 0 aliphatic rings. The van der Waals surface area contributed by atoms with Gasteiger partial charge in [0.1, 0.15) is 11.6 Å². The largest absolute Gasteiger partial charge is 0.506 e. The number of nitrogens with one attached hydrogen (secondary N) is 1. The Morgan fingerprint density at radius 1 is 1.33 bits per heavy atom. The van der Waals surface area contributed by atoms with E-state index in [-0.39, 0.29) is 10.8 Å². The third kappa shape index (κ3) is 2.42. The molecule has 4 nitrogen and oxygen atoms in total. The summed E-state index contributed by atoms with van der Waals surface area (Å²) in [5.41, 5.74) is 1.58. The number of benzene rings is 1. The number of phenolic OH excluding ortho intramolecular Hbond substituents is 1. The minimum absolute atomic E-state index is 0.0445. The molecular formula is C12H11BrClN3O. The molecule has 0 aliphatic heterocycles. The summed E-state index contributed by atoms with van der Waals surface area (Å²) in [7, 11) is 1.79. The molecule has 0 saturated heterocycles. The minimum atomic E-state index is 0.0445. The van der Waals surface area contributed by atoms with Crippen molar-refractivity contribution in [2.75, 3.05) is 12.4 Å². The van der Waals surface area contributed by atoms with Crippen molar-refractivity contribution in [3.8, 4) is 17.1 Å². The predicted molar refractivity (Wildman–Crippen MR) is 76.1 cm³/mol. The van der Waals surface area contributed by atoms with E-state index in [4.69, 9.17) is 11.6 Å². The summed E-state index contributed by atoms with van der Waals surface area (Å²) >= 11 is 9.30. The van der Waals surface area contributed by atoms with E-state index in [0.717, 1.165) is 15.7 Å². The Balaban J connectivity index is 2.57. The SMILES string of the molecule is CNc1nc(-c2ccc(O)c(Cl)c2)nc(C)c1Br. The maximum Gasteiger partial charge on any atom is 0.161 e. The first-order chi connectivity index (χ1) is 8.52. The lowest BCUT2D eigenvalue weighted by molar-refractivity contribution is 0.475. The van der Waals surface area contributed by atoms with E-state index in [1.165, 1.54) is 6.07 Å². The third-order valence-corrected chi connectivity index (χ3v) is 3.71. The fraction of sp³-hybridized carbons (Fsp3) is 0.167. The number of rotatable bonds is 2. The van der Waals surface area contributed by atoms with Gasteiger partial charge < -0.3 is 10.4 Å². The number of anilines is 1. The van der Waals surface area contributed by atoms with E-state index >= 15 is 0 Å². The molecule has 0 amide bonds. The van der Waals surface area contributed by atoms with Crippen LogP contribution in [-0.2, 0) is 0 Å². The lowest BCUT2D eigenvalue weighted by Gasteiger charge is -2.09. The monoisotopic (exact) mass is 327 g/mol. The number of aryl methyl sites for hydroxylation is 1. The third-order valence-electron chi connectivity index (χ3n) is 2.46. The molecule has 0 saturated carbocycles. The molecule has 18 heavy (non-hydrogen) atoms. The normalized spacial score (nSPS) is 10.4. The molecule has 0 unspecified atom stereocenters. The van der Waals surface area contributed by atoms with Crippen molar-refractivity contribution < 1.29 is 5.11 Å². The van der Waals surface area contributed by atoms with Crippen LogP contribution in [0, 0.1) is 6.92 Å². The topological polar surface area (TPSA) is 58.0 Å². The Morgan fingerprint density at radius 3 is 2.67 bits per heavy atom. The molecule has 0 radical (unpaired) electrons. The van der Waals surface area contributed by atoms with Gasteiger partial charge >= 0.3 is 0 Å². The van der Waals surface area contributed by atoms with Crippen molar-refractivity contribution in [1.29, 1.82) is 0 Å². The van der Waals surface area contributed by atoms with E-state index in [1.807, 2.05) is 6.92 Å². The predicted octanol–water partition coefficient (Wildman–Crippen LogP) is 3.62. The van der Waals surface area contributed by atoms with Crippen LogP contribution in [-0.4, -0.2) is 22.1 Å². The zero-order valence-electron chi connectivity index (χ0n) is 9.83. The van der Waals surface area contributed by atoms with Crippen molar-refractivity contribution in [2.24, 2.45) is 0 Å². The lowest BCUT2D eigenvalue weighted by Crippen LogP contribution is -2.00. The van der Waals surface area contributed by atoms with Gasteiger partial charge in [0.05, 0.1) is 15.2 Å². The van der Waals surface area contributed by atoms with E-state index in [2.05, 4.69) is 31.2 Å². The van der Waals surface area contributed by atoms with Gasteiger partial charge in [-0.3, -0.25) is 0 Å². The second-order valence-electron chi connectivity index (χ2n) is 3.71. The highest BCUT2D eigenvalue weighted by Gasteiger charge is 2.11. The van der Waals surface area contributed by atoms with Crippen LogP contribution >= 0.6 is 27.5 Å². The number of hydrogen-bond acceptors (Lipinski definition) is 4. The Kier molecular flexibility index (Phi) is 3.73. The maximum atomic E-state index is 9.40. The summed E-state index contributed by atoms with van der Waals surface area (Å²) < 4.78 is 0.832. The molecule has 1 aromatic heterocycles. The van der Waals surface area contributed by atoms with Crippen LogP contribution in [0.25, 0.3) is 11.4 Å². The van der Waals surface area contributed by atoms with Crippen LogP contribution in [0.15, 0.2) is 22.7 Å². The number of halogens is 2. The van der Waals surface area contributed by atoms with Gasteiger partial charge in [0.15, 0.2) is 5.82 Å². The average Bonchev–Trinajstić information content (AvgIpc) is 2.36. The Labute approximate surface area is 118 Å². The summed E-state index contributed by atoms with van der Waals surface area (Å²) in [6.45, 7) is 1.89. The molecule has 2 N–H and O–H groups in total. The fourth-order valence-corrected chi connectivity index (χ4v) is 2.06. The minimum Gasteiger partial charge on any atom is -0.506 e. The number of nitrogens with zero attached hydrogens (tertiary/aromatic N) is 2. The van der Waals surface area contributed by atoms with E-state index < -0.39 is 0 Å². The molecule has 6 heteroatoms. The second-order valence-corrected chi connectivity index (χ2v) is 4.91. The molecule has 0 bridgehead atoms. The van der Waals surface area contributed by atoms with Crippen molar-refractivity contribution in [2.45, 2.75) is 6.92 Å². The average molecular weight is 329 g/mol. The second kappa shape index (κ2) is 5.12. The number of phenols is 1. The van der Waals surface area contributed by atoms with Gasteiger partial charge in [-0.1, -0.05) is 11.6 Å². The molecule has 0 atom stereocenters. The standard InChI is InChI=1S/C12H11BrClN3O/c1-6-10(13)12(15-2)17-11(16-6)7-3-4-9(18)8(14)5-7/h3-5,18H,1-2H3,(H,15,16,17). The highest BCUT2D eigenvalue weighted by Crippen LogP contribution is 2.30. The van der Waals surface area contributed by atoms with Gasteiger partial charge in [-0.15, -0.1) is 0 Å². The fourth-order valence-electron chi connectivity index (χ4n) is 1.50. The first-order valence-corrected chi connectivity index (χ1v) is 6.40. The molecule has 0 fully saturated rings. The highest BCUT2D eigenvalue weighted by atomic mass is 79.9. The van der Waals surface area contributed by atoms with E-state index in [9.17, 15) is 5.11 Å². The summed E-state index contributed by atoms with van der Waals surface area (Å²) in [5.74, 6) is 1.31. The van der Waals surface area contributed by atoms with Gasteiger partial charge in [-0.2, -0.15) is 0 Å². The molecule has 0 spiro atoms. The number of aromatic nitrogens is 2. The van der Waals surface area contributed by atoms with Crippen LogP contribution in [0.3, 0.4) is 0 Å². The first kappa shape index (κ1) is 13.1. The molecule has 2 aromatic rings. The van der Waals surface area contributed by atoms with E-state index in [1.54, 1.807) is 19.2 Å². The van der Waals surface area contributed by atoms with Crippen LogP contribution in [0.1, 0.15) is 5.69 Å². The van der Waals surface area contributed by atoms with Crippen LogP contribution in [0.2, 0.25) is 5.02 Å². The number of hydrogen-bond donors (Lipinski definition) is 2. The van der Waals surface area contributed by atoms with E-state index in [0.29, 0.717) is 11.6 Å². The summed E-state index contributed by atoms with van der Waals surface area (Å²) in [6, 6.07) is 4.89. The zero-order valence-corrected chi connectivity index (χ0v) is 12.2. The molecular weight excluding hydrogens is 318 g/mol. The smallest absolute Gasteiger partial charge is 0.161 e. The molecule has 94 valence electrons. The van der Waals surface area contributed by atoms with Crippen molar-refractivity contribution in [1.82, 2.24) is 9.97 Å². The van der Waals surface area contributed by atoms with Crippen LogP contribution < -0.4 is 5.32 Å². The van der Waals surface area contributed by atoms with Crippen molar-refractivity contribution in [3.63, 3.8) is 0 Å². The Hall–Kier alpha value is -1.33. The van der Waals surface area contributed by atoms with Gasteiger partial charge in [-0.05, 0) is 41.1 Å². The van der Waals surface area contributed by atoms with Gasteiger partial charge in [0.25, 0.3) is 0 Å². The van der Waals surface area contributed by atoms with Crippen molar-refractivity contribution in [3.05, 3.63) is 33.4 Å². The van der Waals surface area contributed by atoms with Gasteiger partial charge in [0.2, 0.25) is 0 Å². The molecule has 0 aliphatic carbocycles. The van der Waals surface area contributed by atoms with Crippen LogP contribution in [0.5, 0.6) is 5.75 Å². The van der Waals surface area contributed by atoms with Crippen molar-refractivity contribution >= 4 is 33.3 Å². The maximum absolute atomic E-state index is 9.40. The van der Waals surface area contributed by atoms with Crippen LogP contribution in [0.4, 0.5) is 5.82 Å². The summed E-state index contributed by atoms with van der Waals surface area (Å²) in [4.78, 5) is 8.77. The highest BCUT2D eigenvalue weighted by molar-refractivity contribution is 9.10. The summed E-state index contributed by atoms with van der Waals surface area (Å²) in [6.07, 6.45) is 0. The molecule has 2 rings (SSSR count).